The maximum absolute atomic E-state index is 13.5. The van der Waals surface area contributed by atoms with Gasteiger partial charge in [0.05, 0.1) is 0 Å². The number of nitrogens with one attached hydrogen (secondary N) is 1. The fourth-order valence-corrected chi connectivity index (χ4v) is 3.75. The first-order chi connectivity index (χ1) is 16.1. The highest BCUT2D eigenvalue weighted by Gasteiger charge is 2.30. The molecule has 1 atom stereocenters. The summed E-state index contributed by atoms with van der Waals surface area (Å²) in [5.41, 5.74) is 2.84. The summed E-state index contributed by atoms with van der Waals surface area (Å²) in [7, 11) is 0. The van der Waals surface area contributed by atoms with Crippen molar-refractivity contribution in [3.63, 3.8) is 0 Å². The van der Waals surface area contributed by atoms with Crippen LogP contribution in [-0.4, -0.2) is 29.3 Å². The summed E-state index contributed by atoms with van der Waals surface area (Å²) in [5, 5.41) is 2.96. The second-order valence-corrected chi connectivity index (χ2v) is 8.13. The van der Waals surface area contributed by atoms with E-state index in [1.165, 1.54) is 12.1 Å². The van der Waals surface area contributed by atoms with Crippen molar-refractivity contribution >= 4 is 11.8 Å². The molecule has 0 radical (unpaired) electrons. The molecule has 3 rings (SSSR count). The number of carbonyl (C=O) groups excluding carboxylic acids is 2. The van der Waals surface area contributed by atoms with Crippen LogP contribution in [0.5, 0.6) is 0 Å². The maximum Gasteiger partial charge on any atom is 0.243 e. The number of rotatable bonds is 11. The monoisotopic (exact) mass is 446 g/mol. The van der Waals surface area contributed by atoms with Gasteiger partial charge < -0.3 is 10.2 Å². The Morgan fingerprint density at radius 1 is 0.848 bits per heavy atom. The van der Waals surface area contributed by atoms with E-state index in [4.69, 9.17) is 0 Å². The second kappa shape index (κ2) is 12.5. The van der Waals surface area contributed by atoms with Crippen molar-refractivity contribution in [1.82, 2.24) is 10.2 Å². The van der Waals surface area contributed by atoms with Crippen molar-refractivity contribution in [3.8, 4) is 0 Å². The SMILES string of the molecule is CCCNC(=O)[C@H](Cc1ccccc1)N(Cc1ccc(F)cc1)C(=O)CCc1ccccc1. The Kier molecular flexibility index (Phi) is 9.19. The highest BCUT2D eigenvalue weighted by atomic mass is 19.1. The summed E-state index contributed by atoms with van der Waals surface area (Å²) >= 11 is 0. The standard InChI is InChI=1S/C28H31FN2O2/c1-2-19-30-28(33)26(20-23-11-7-4-8-12-23)31(21-24-13-16-25(29)17-14-24)27(32)18-15-22-9-5-3-6-10-22/h3-14,16-17,26H,2,15,18-21H2,1H3,(H,30,33)/t26-/m0/s1. The van der Waals surface area contributed by atoms with Crippen LogP contribution in [0.2, 0.25) is 0 Å². The first kappa shape index (κ1) is 24.2. The number of carbonyl (C=O) groups is 2. The van der Waals surface area contributed by atoms with Crippen LogP contribution in [-0.2, 0) is 29.0 Å². The predicted octanol–water partition coefficient (Wildman–Crippen LogP) is 4.92. The molecule has 0 aromatic heterocycles. The molecular formula is C28H31FN2O2. The van der Waals surface area contributed by atoms with E-state index in [2.05, 4.69) is 5.32 Å². The zero-order valence-corrected chi connectivity index (χ0v) is 19.0. The summed E-state index contributed by atoms with van der Waals surface area (Å²) in [4.78, 5) is 28.3. The Labute approximate surface area is 195 Å². The maximum atomic E-state index is 13.5. The molecule has 5 heteroatoms. The first-order valence-corrected chi connectivity index (χ1v) is 11.5. The quantitative estimate of drug-likeness (QED) is 0.454. The molecule has 0 saturated carbocycles. The fourth-order valence-electron chi connectivity index (χ4n) is 3.75. The van der Waals surface area contributed by atoms with E-state index in [9.17, 15) is 14.0 Å². The molecule has 0 fully saturated rings. The van der Waals surface area contributed by atoms with E-state index in [0.29, 0.717) is 19.4 Å². The van der Waals surface area contributed by atoms with E-state index in [-0.39, 0.29) is 30.6 Å². The highest BCUT2D eigenvalue weighted by molar-refractivity contribution is 5.88. The summed E-state index contributed by atoms with van der Waals surface area (Å²) in [6, 6.07) is 25.0. The van der Waals surface area contributed by atoms with Gasteiger partial charge >= 0.3 is 0 Å². The van der Waals surface area contributed by atoms with Gasteiger partial charge in [-0.2, -0.15) is 0 Å². The minimum atomic E-state index is -0.660. The molecule has 0 unspecified atom stereocenters. The third kappa shape index (κ3) is 7.56. The van der Waals surface area contributed by atoms with Crippen molar-refractivity contribution in [2.45, 2.75) is 45.2 Å². The Morgan fingerprint density at radius 2 is 1.45 bits per heavy atom. The molecular weight excluding hydrogens is 415 g/mol. The van der Waals surface area contributed by atoms with Gasteiger partial charge in [0.2, 0.25) is 11.8 Å². The minimum Gasteiger partial charge on any atom is -0.354 e. The van der Waals surface area contributed by atoms with Crippen LogP contribution in [0.3, 0.4) is 0 Å². The Balaban J connectivity index is 1.87. The Hall–Kier alpha value is -3.47. The van der Waals surface area contributed by atoms with Crippen LogP contribution in [0.4, 0.5) is 4.39 Å². The molecule has 4 nitrogen and oxygen atoms in total. The normalized spacial score (nSPS) is 11.6. The molecule has 0 aliphatic carbocycles. The molecule has 2 amide bonds. The number of benzene rings is 3. The van der Waals surface area contributed by atoms with Crippen molar-refractivity contribution < 1.29 is 14.0 Å². The number of nitrogens with zero attached hydrogens (tertiary/aromatic N) is 1. The smallest absolute Gasteiger partial charge is 0.243 e. The lowest BCUT2D eigenvalue weighted by atomic mass is 10.0. The third-order valence-electron chi connectivity index (χ3n) is 5.56. The van der Waals surface area contributed by atoms with Gasteiger partial charge in [0.25, 0.3) is 0 Å². The van der Waals surface area contributed by atoms with Gasteiger partial charge in [-0.1, -0.05) is 79.7 Å². The fraction of sp³-hybridized carbons (Fsp3) is 0.286. The van der Waals surface area contributed by atoms with Crippen LogP contribution in [0, 0.1) is 5.82 Å². The van der Waals surface area contributed by atoms with E-state index in [1.807, 2.05) is 67.6 Å². The number of halogens is 1. The van der Waals surface area contributed by atoms with Crippen LogP contribution in [0.25, 0.3) is 0 Å². The average molecular weight is 447 g/mol. The van der Waals surface area contributed by atoms with Gasteiger partial charge in [0, 0.05) is 25.9 Å². The topological polar surface area (TPSA) is 49.4 Å². The predicted molar refractivity (Wildman–Crippen MR) is 129 cm³/mol. The molecule has 0 spiro atoms. The summed E-state index contributed by atoms with van der Waals surface area (Å²) in [5.74, 6) is -0.603. The van der Waals surface area contributed by atoms with Crippen LogP contribution in [0.15, 0.2) is 84.9 Å². The number of hydrogen-bond acceptors (Lipinski definition) is 2. The molecule has 0 bridgehead atoms. The molecule has 0 aliphatic rings. The van der Waals surface area contributed by atoms with Crippen LogP contribution >= 0.6 is 0 Å². The van der Waals surface area contributed by atoms with Crippen molar-refractivity contribution in [2.75, 3.05) is 6.54 Å². The lowest BCUT2D eigenvalue weighted by Gasteiger charge is -2.31. The number of hydrogen-bond donors (Lipinski definition) is 1. The summed E-state index contributed by atoms with van der Waals surface area (Å²) in [6.45, 7) is 2.78. The van der Waals surface area contributed by atoms with Crippen LogP contribution in [0.1, 0.15) is 36.5 Å². The van der Waals surface area contributed by atoms with Crippen molar-refractivity contribution in [2.24, 2.45) is 0 Å². The number of aryl methyl sites for hydroxylation is 1. The molecule has 172 valence electrons. The average Bonchev–Trinajstić information content (AvgIpc) is 2.85. The Bertz CT molecular complexity index is 1010. The largest absolute Gasteiger partial charge is 0.354 e. The molecule has 0 aliphatic heterocycles. The summed E-state index contributed by atoms with van der Waals surface area (Å²) in [6.07, 6.45) is 2.10. The molecule has 3 aromatic rings. The lowest BCUT2D eigenvalue weighted by Crippen LogP contribution is -2.50. The Morgan fingerprint density at radius 3 is 2.06 bits per heavy atom. The van der Waals surface area contributed by atoms with Crippen LogP contribution < -0.4 is 5.32 Å². The van der Waals surface area contributed by atoms with Crippen molar-refractivity contribution in [3.05, 3.63) is 107 Å². The van der Waals surface area contributed by atoms with E-state index in [1.54, 1.807) is 17.0 Å². The molecule has 0 heterocycles. The molecule has 33 heavy (non-hydrogen) atoms. The van der Waals surface area contributed by atoms with Gasteiger partial charge in [-0.05, 0) is 41.7 Å². The molecule has 3 aromatic carbocycles. The van der Waals surface area contributed by atoms with E-state index in [0.717, 1.165) is 23.1 Å². The first-order valence-electron chi connectivity index (χ1n) is 11.5. The molecule has 1 N–H and O–H groups in total. The van der Waals surface area contributed by atoms with Gasteiger partial charge in [0.1, 0.15) is 11.9 Å². The zero-order chi connectivity index (χ0) is 23.5. The zero-order valence-electron chi connectivity index (χ0n) is 19.0. The van der Waals surface area contributed by atoms with E-state index < -0.39 is 6.04 Å². The second-order valence-electron chi connectivity index (χ2n) is 8.13. The van der Waals surface area contributed by atoms with Gasteiger partial charge in [-0.15, -0.1) is 0 Å². The minimum absolute atomic E-state index is 0.101. The van der Waals surface area contributed by atoms with E-state index >= 15 is 0 Å². The van der Waals surface area contributed by atoms with Gasteiger partial charge in [-0.3, -0.25) is 9.59 Å². The lowest BCUT2D eigenvalue weighted by molar-refractivity contribution is -0.141. The number of amides is 2. The van der Waals surface area contributed by atoms with Gasteiger partial charge in [-0.25, -0.2) is 4.39 Å². The molecule has 0 saturated heterocycles. The highest BCUT2D eigenvalue weighted by Crippen LogP contribution is 2.17. The summed E-state index contributed by atoms with van der Waals surface area (Å²) < 4.78 is 13.5. The van der Waals surface area contributed by atoms with Crippen molar-refractivity contribution in [1.29, 1.82) is 0 Å². The third-order valence-corrected chi connectivity index (χ3v) is 5.56. The van der Waals surface area contributed by atoms with Gasteiger partial charge in [0.15, 0.2) is 0 Å².